The molecule has 0 aliphatic heterocycles. The van der Waals surface area contributed by atoms with Crippen LogP contribution in [0.15, 0.2) is 42.7 Å². The van der Waals surface area contributed by atoms with Crippen molar-refractivity contribution >= 4 is 11.5 Å². The van der Waals surface area contributed by atoms with Crippen LogP contribution in [0.2, 0.25) is 0 Å². The van der Waals surface area contributed by atoms with E-state index in [0.717, 1.165) is 12.1 Å². The van der Waals surface area contributed by atoms with E-state index in [4.69, 9.17) is 0 Å². The Balaban J connectivity index is 2.44. The van der Waals surface area contributed by atoms with Crippen LogP contribution in [0.1, 0.15) is 15.9 Å². The second-order valence-corrected chi connectivity index (χ2v) is 4.06. The van der Waals surface area contributed by atoms with Gasteiger partial charge < -0.3 is 4.74 Å². The Morgan fingerprint density at radius 2 is 1.95 bits per heavy atom. The van der Waals surface area contributed by atoms with Gasteiger partial charge in [0.05, 0.1) is 4.92 Å². The fraction of sp³-hybridized carbons (Fsp3) is 0.0769. The molecule has 0 saturated carbocycles. The molecule has 114 valence electrons. The summed E-state index contributed by atoms with van der Waals surface area (Å²) >= 11 is 0. The van der Waals surface area contributed by atoms with Crippen LogP contribution in [0.3, 0.4) is 0 Å². The van der Waals surface area contributed by atoms with Gasteiger partial charge in [-0.3, -0.25) is 19.9 Å². The molecule has 6 nitrogen and oxygen atoms in total. The van der Waals surface area contributed by atoms with Gasteiger partial charge in [-0.2, -0.15) is 0 Å². The molecule has 0 N–H and O–H groups in total. The summed E-state index contributed by atoms with van der Waals surface area (Å²) in [5.74, 6) is -1.68. The number of carbonyl (C=O) groups is 1. The van der Waals surface area contributed by atoms with Crippen molar-refractivity contribution in [1.29, 1.82) is 0 Å². The lowest BCUT2D eigenvalue weighted by Crippen LogP contribution is -2.18. The topological polar surface area (TPSA) is 82.3 Å². The molecule has 2 rings (SSSR count). The Morgan fingerprint density at radius 1 is 1.23 bits per heavy atom. The lowest BCUT2D eigenvalue weighted by Gasteiger charge is -2.10. The van der Waals surface area contributed by atoms with Crippen molar-refractivity contribution in [3.8, 4) is 5.75 Å². The molecule has 0 spiro atoms. The van der Waals surface area contributed by atoms with Crippen LogP contribution in [-0.2, 0) is 0 Å². The molecule has 1 aromatic carbocycles. The molecular formula is C13H7F3N2O4. The van der Waals surface area contributed by atoms with Crippen LogP contribution < -0.4 is 4.74 Å². The van der Waals surface area contributed by atoms with Gasteiger partial charge in [0.2, 0.25) is 5.75 Å². The van der Waals surface area contributed by atoms with Gasteiger partial charge in [0.25, 0.3) is 0 Å². The predicted molar refractivity (Wildman–Crippen MR) is 67.4 cm³/mol. The number of pyridine rings is 1. The normalized spacial score (nSPS) is 11.0. The zero-order chi connectivity index (χ0) is 16.3. The zero-order valence-electron chi connectivity index (χ0n) is 10.7. The van der Waals surface area contributed by atoms with Gasteiger partial charge in [-0.15, -0.1) is 13.2 Å². The number of hydrogen-bond acceptors (Lipinski definition) is 5. The Kier molecular flexibility index (Phi) is 4.06. The van der Waals surface area contributed by atoms with Gasteiger partial charge in [-0.1, -0.05) is 0 Å². The van der Waals surface area contributed by atoms with Gasteiger partial charge in [0.1, 0.15) is 0 Å². The number of nitro benzene ring substituents is 1. The third kappa shape index (κ3) is 3.57. The Bertz CT molecular complexity index is 717. The number of carbonyl (C=O) groups excluding carboxylic acids is 1. The average molecular weight is 312 g/mol. The highest BCUT2D eigenvalue weighted by molar-refractivity contribution is 6.09. The van der Waals surface area contributed by atoms with Gasteiger partial charge >= 0.3 is 12.0 Å². The van der Waals surface area contributed by atoms with Crippen LogP contribution in [0.5, 0.6) is 5.75 Å². The maximum absolute atomic E-state index is 12.3. The highest BCUT2D eigenvalue weighted by Crippen LogP contribution is 2.33. The molecule has 0 aliphatic rings. The number of nitro groups is 1. The van der Waals surface area contributed by atoms with E-state index >= 15 is 0 Å². The van der Waals surface area contributed by atoms with E-state index in [1.54, 1.807) is 0 Å². The molecule has 0 radical (unpaired) electrons. The number of rotatable bonds is 4. The van der Waals surface area contributed by atoms with Gasteiger partial charge in [-0.25, -0.2) is 0 Å². The number of hydrogen-bond donors (Lipinski definition) is 0. The van der Waals surface area contributed by atoms with E-state index in [1.807, 2.05) is 0 Å². The van der Waals surface area contributed by atoms with Crippen LogP contribution in [0.4, 0.5) is 18.9 Å². The Hall–Kier alpha value is -2.97. The van der Waals surface area contributed by atoms with E-state index in [1.165, 1.54) is 24.5 Å². The van der Waals surface area contributed by atoms with Gasteiger partial charge in [-0.05, 0) is 24.3 Å². The average Bonchev–Trinajstić information content (AvgIpc) is 2.45. The van der Waals surface area contributed by atoms with Crippen molar-refractivity contribution in [1.82, 2.24) is 4.98 Å². The predicted octanol–water partition coefficient (Wildman–Crippen LogP) is 3.12. The number of halogens is 3. The first kappa shape index (κ1) is 15.4. The van der Waals surface area contributed by atoms with E-state index in [0.29, 0.717) is 6.07 Å². The van der Waals surface area contributed by atoms with Crippen molar-refractivity contribution in [2.75, 3.05) is 0 Å². The Morgan fingerprint density at radius 3 is 2.50 bits per heavy atom. The first-order valence-electron chi connectivity index (χ1n) is 5.77. The molecule has 0 saturated heterocycles. The lowest BCUT2D eigenvalue weighted by atomic mass is 10.0. The van der Waals surface area contributed by atoms with Crippen LogP contribution >= 0.6 is 0 Å². The Labute approximate surface area is 121 Å². The molecule has 0 bridgehead atoms. The third-order valence-corrected chi connectivity index (χ3v) is 2.57. The molecule has 0 amide bonds. The largest absolute Gasteiger partial charge is 0.573 e. The van der Waals surface area contributed by atoms with Crippen molar-refractivity contribution in [2.45, 2.75) is 6.36 Å². The zero-order valence-corrected chi connectivity index (χ0v) is 10.7. The van der Waals surface area contributed by atoms with E-state index in [2.05, 4.69) is 9.72 Å². The number of aromatic nitrogens is 1. The molecule has 0 fully saturated rings. The lowest BCUT2D eigenvalue weighted by molar-refractivity contribution is -0.388. The standard InChI is InChI=1S/C13H7F3N2O4/c14-13(15,16)22-11-6-8(3-4-10(11)18(20)21)12(19)9-2-1-5-17-7-9/h1-7H. The molecule has 0 aliphatic carbocycles. The minimum Gasteiger partial charge on any atom is -0.398 e. The molecular weight excluding hydrogens is 305 g/mol. The first-order valence-corrected chi connectivity index (χ1v) is 5.77. The van der Waals surface area contributed by atoms with Crippen LogP contribution in [0.25, 0.3) is 0 Å². The first-order chi connectivity index (χ1) is 10.3. The minimum absolute atomic E-state index is 0.134. The number of ketones is 1. The van der Waals surface area contributed by atoms with Crippen molar-refractivity contribution < 1.29 is 27.6 Å². The van der Waals surface area contributed by atoms with E-state index in [-0.39, 0.29) is 11.1 Å². The fourth-order valence-electron chi connectivity index (χ4n) is 1.68. The SMILES string of the molecule is O=C(c1cccnc1)c1ccc([N+](=O)[O-])c(OC(F)(F)F)c1. The molecule has 9 heteroatoms. The summed E-state index contributed by atoms with van der Waals surface area (Å²) < 4.78 is 40.5. The highest BCUT2D eigenvalue weighted by atomic mass is 19.4. The van der Waals surface area contributed by atoms with E-state index in [9.17, 15) is 28.1 Å². The number of alkyl halides is 3. The number of ether oxygens (including phenoxy) is 1. The number of nitrogens with zero attached hydrogens (tertiary/aromatic N) is 2. The third-order valence-electron chi connectivity index (χ3n) is 2.57. The summed E-state index contributed by atoms with van der Waals surface area (Å²) in [7, 11) is 0. The summed E-state index contributed by atoms with van der Waals surface area (Å²) in [6, 6.07) is 5.41. The molecule has 0 atom stereocenters. The quantitative estimate of drug-likeness (QED) is 0.492. The maximum Gasteiger partial charge on any atom is 0.573 e. The molecule has 1 heterocycles. The molecule has 22 heavy (non-hydrogen) atoms. The smallest absolute Gasteiger partial charge is 0.398 e. The minimum atomic E-state index is -5.11. The summed E-state index contributed by atoms with van der Waals surface area (Å²) in [6.07, 6.45) is -2.46. The summed E-state index contributed by atoms with van der Waals surface area (Å²) in [5.41, 5.74) is -0.938. The van der Waals surface area contributed by atoms with Crippen LogP contribution in [0, 0.1) is 10.1 Å². The maximum atomic E-state index is 12.3. The van der Waals surface area contributed by atoms with E-state index < -0.39 is 28.5 Å². The second kappa shape index (κ2) is 5.80. The fourth-order valence-corrected chi connectivity index (χ4v) is 1.68. The summed E-state index contributed by atoms with van der Waals surface area (Å²) in [4.78, 5) is 25.5. The van der Waals surface area contributed by atoms with Crippen molar-refractivity contribution in [2.24, 2.45) is 0 Å². The van der Waals surface area contributed by atoms with Crippen molar-refractivity contribution in [3.05, 3.63) is 64.0 Å². The van der Waals surface area contributed by atoms with Gasteiger partial charge in [0, 0.05) is 29.6 Å². The second-order valence-electron chi connectivity index (χ2n) is 4.06. The molecule has 1 aromatic heterocycles. The number of benzene rings is 1. The van der Waals surface area contributed by atoms with Gasteiger partial charge in [0.15, 0.2) is 5.78 Å². The monoisotopic (exact) mass is 312 g/mol. The molecule has 0 unspecified atom stereocenters. The summed E-state index contributed by atoms with van der Waals surface area (Å²) in [6.45, 7) is 0. The van der Waals surface area contributed by atoms with Crippen molar-refractivity contribution in [3.63, 3.8) is 0 Å². The highest BCUT2D eigenvalue weighted by Gasteiger charge is 2.34. The summed E-state index contributed by atoms with van der Waals surface area (Å²) in [5, 5.41) is 10.7. The molecule has 2 aromatic rings. The van der Waals surface area contributed by atoms with Crippen LogP contribution in [-0.4, -0.2) is 22.1 Å².